The fraction of sp³-hybridized carbons (Fsp3) is 0.833. The Hall–Kier alpha value is -1.92. The molecule has 0 aliphatic heterocycles. The standard InChI is InChI=1S/C24H46N4O7/c1-12(2)9-15(25)7-8-18(30)28(23(33)20(27)14(5)6)17(11-29)22(32)19(24(34)35)21(31)16(26)10-13(3)4/h12-17,19-21,29,31H,7-11,25-27H2,1-6H3,(H,34,35)/t15?,16?,17-,19?,20-,21?/m0/s1. The van der Waals surface area contributed by atoms with Crippen molar-refractivity contribution >= 4 is 23.6 Å². The first kappa shape index (κ1) is 33.1. The van der Waals surface area contributed by atoms with Crippen LogP contribution in [0.4, 0.5) is 0 Å². The van der Waals surface area contributed by atoms with Gasteiger partial charge in [0.05, 0.1) is 18.8 Å². The summed E-state index contributed by atoms with van der Waals surface area (Å²) in [7, 11) is 0. The van der Waals surface area contributed by atoms with Crippen LogP contribution in [-0.2, 0) is 19.2 Å². The number of nitrogens with two attached hydrogens (primary N) is 3. The zero-order chi connectivity index (χ0) is 27.6. The van der Waals surface area contributed by atoms with E-state index in [1.54, 1.807) is 13.8 Å². The number of carbonyl (C=O) groups is 4. The van der Waals surface area contributed by atoms with Crippen LogP contribution >= 0.6 is 0 Å². The molecule has 0 rings (SSSR count). The van der Waals surface area contributed by atoms with Crippen molar-refractivity contribution < 1.29 is 34.5 Å². The average molecular weight is 503 g/mol. The molecule has 0 aromatic carbocycles. The Labute approximate surface area is 208 Å². The van der Waals surface area contributed by atoms with E-state index in [-0.39, 0.29) is 37.1 Å². The highest BCUT2D eigenvalue weighted by molar-refractivity contribution is 6.07. The molecule has 0 saturated carbocycles. The normalized spacial score (nSPS) is 17.1. The fourth-order valence-electron chi connectivity index (χ4n) is 3.92. The highest BCUT2D eigenvalue weighted by Gasteiger charge is 2.45. The van der Waals surface area contributed by atoms with Crippen LogP contribution in [0.25, 0.3) is 0 Å². The lowest BCUT2D eigenvalue weighted by Gasteiger charge is -2.34. The number of hydrogen-bond donors (Lipinski definition) is 6. The Morgan fingerprint density at radius 3 is 1.80 bits per heavy atom. The highest BCUT2D eigenvalue weighted by Crippen LogP contribution is 2.21. The van der Waals surface area contributed by atoms with Gasteiger partial charge in [-0.1, -0.05) is 41.5 Å². The number of ketones is 1. The highest BCUT2D eigenvalue weighted by atomic mass is 16.4. The zero-order valence-corrected chi connectivity index (χ0v) is 21.9. The van der Waals surface area contributed by atoms with Crippen LogP contribution in [0.5, 0.6) is 0 Å². The second-order valence-electron chi connectivity index (χ2n) is 10.5. The minimum Gasteiger partial charge on any atom is -0.481 e. The van der Waals surface area contributed by atoms with Gasteiger partial charge in [-0.05, 0) is 37.0 Å². The van der Waals surface area contributed by atoms with Crippen LogP contribution < -0.4 is 17.2 Å². The molecule has 4 unspecified atom stereocenters. The van der Waals surface area contributed by atoms with Crippen LogP contribution in [0.2, 0.25) is 0 Å². The Kier molecular flexibility index (Phi) is 14.4. The van der Waals surface area contributed by atoms with Gasteiger partial charge in [-0.3, -0.25) is 24.1 Å². The molecule has 11 heteroatoms. The number of amides is 2. The lowest BCUT2D eigenvalue weighted by molar-refractivity contribution is -0.162. The summed E-state index contributed by atoms with van der Waals surface area (Å²) in [4.78, 5) is 52.1. The zero-order valence-electron chi connectivity index (χ0n) is 21.9. The summed E-state index contributed by atoms with van der Waals surface area (Å²) in [6, 6.07) is -4.41. The Balaban J connectivity index is 6.16. The minimum absolute atomic E-state index is 0.0107. The second-order valence-corrected chi connectivity index (χ2v) is 10.5. The molecule has 11 nitrogen and oxygen atoms in total. The maximum absolute atomic E-state index is 13.3. The summed E-state index contributed by atoms with van der Waals surface area (Å²) < 4.78 is 0. The number of carbonyl (C=O) groups excluding carboxylic acids is 3. The fourth-order valence-corrected chi connectivity index (χ4v) is 3.92. The van der Waals surface area contributed by atoms with E-state index in [4.69, 9.17) is 17.2 Å². The molecule has 0 aliphatic rings. The van der Waals surface area contributed by atoms with Gasteiger partial charge in [0, 0.05) is 18.5 Å². The molecular formula is C24H46N4O7. The molecule has 6 atom stereocenters. The van der Waals surface area contributed by atoms with E-state index in [1.165, 1.54) is 0 Å². The lowest BCUT2D eigenvalue weighted by Crippen LogP contribution is -2.60. The molecule has 0 aromatic heterocycles. The van der Waals surface area contributed by atoms with Gasteiger partial charge >= 0.3 is 5.97 Å². The Morgan fingerprint density at radius 2 is 1.40 bits per heavy atom. The van der Waals surface area contributed by atoms with Crippen molar-refractivity contribution in [2.45, 2.75) is 97.5 Å². The van der Waals surface area contributed by atoms with Crippen LogP contribution in [0, 0.1) is 23.7 Å². The number of aliphatic carboxylic acids is 1. The minimum atomic E-state index is -2.05. The molecule has 0 bridgehead atoms. The average Bonchev–Trinajstić information content (AvgIpc) is 2.73. The number of carboxylic acids is 1. The van der Waals surface area contributed by atoms with Gasteiger partial charge in [0.25, 0.3) is 0 Å². The predicted octanol–water partition coefficient (Wildman–Crippen LogP) is -0.156. The summed E-state index contributed by atoms with van der Waals surface area (Å²) in [6.07, 6.45) is -0.914. The van der Waals surface area contributed by atoms with Gasteiger partial charge in [0.2, 0.25) is 11.8 Å². The van der Waals surface area contributed by atoms with Crippen molar-refractivity contribution in [3.8, 4) is 0 Å². The monoisotopic (exact) mass is 502 g/mol. The predicted molar refractivity (Wildman–Crippen MR) is 132 cm³/mol. The number of rotatable bonds is 16. The number of Topliss-reactive ketones (excluding diaryl/α,β-unsaturated/α-hetero) is 1. The van der Waals surface area contributed by atoms with E-state index >= 15 is 0 Å². The number of carboxylic acid groups (broad SMARTS) is 1. The molecule has 0 saturated heterocycles. The molecule has 204 valence electrons. The molecule has 9 N–H and O–H groups in total. The summed E-state index contributed by atoms with van der Waals surface area (Å²) in [6.45, 7) is 9.84. The second kappa shape index (κ2) is 15.2. The number of nitrogens with zero attached hydrogens (tertiary/aromatic N) is 1. The third-order valence-electron chi connectivity index (χ3n) is 5.92. The first-order chi connectivity index (χ1) is 16.1. The van der Waals surface area contributed by atoms with Gasteiger partial charge in [-0.2, -0.15) is 0 Å². The molecule has 2 amide bonds. The summed E-state index contributed by atoms with van der Waals surface area (Å²) in [5.41, 5.74) is 18.0. The van der Waals surface area contributed by atoms with Gasteiger partial charge in [-0.15, -0.1) is 0 Å². The lowest BCUT2D eigenvalue weighted by atomic mass is 9.85. The number of imide groups is 1. The first-order valence-corrected chi connectivity index (χ1v) is 12.2. The summed E-state index contributed by atoms with van der Waals surface area (Å²) >= 11 is 0. The third-order valence-corrected chi connectivity index (χ3v) is 5.92. The maximum atomic E-state index is 13.3. The molecule has 0 radical (unpaired) electrons. The van der Waals surface area contributed by atoms with Gasteiger partial charge in [0.15, 0.2) is 5.78 Å². The first-order valence-electron chi connectivity index (χ1n) is 12.2. The third kappa shape index (κ3) is 10.3. The van der Waals surface area contributed by atoms with Crippen molar-refractivity contribution in [2.24, 2.45) is 40.9 Å². The molecule has 0 fully saturated rings. The molecular weight excluding hydrogens is 456 g/mol. The van der Waals surface area contributed by atoms with Gasteiger partial charge < -0.3 is 32.5 Å². The van der Waals surface area contributed by atoms with Gasteiger partial charge in [0.1, 0.15) is 12.0 Å². The molecule has 0 aliphatic carbocycles. The van der Waals surface area contributed by atoms with Crippen molar-refractivity contribution in [2.75, 3.05) is 6.61 Å². The summed E-state index contributed by atoms with van der Waals surface area (Å²) in [5.74, 6) is -6.76. The van der Waals surface area contributed by atoms with E-state index in [0.29, 0.717) is 11.3 Å². The van der Waals surface area contributed by atoms with Crippen molar-refractivity contribution in [3.63, 3.8) is 0 Å². The number of hydrogen-bond acceptors (Lipinski definition) is 9. The Morgan fingerprint density at radius 1 is 0.886 bits per heavy atom. The van der Waals surface area contributed by atoms with Crippen LogP contribution in [0.15, 0.2) is 0 Å². The smallest absolute Gasteiger partial charge is 0.316 e. The Bertz CT molecular complexity index is 714. The van der Waals surface area contributed by atoms with Crippen LogP contribution in [-0.4, -0.2) is 80.7 Å². The van der Waals surface area contributed by atoms with Crippen LogP contribution in [0.1, 0.15) is 67.2 Å². The van der Waals surface area contributed by atoms with E-state index in [2.05, 4.69) is 0 Å². The van der Waals surface area contributed by atoms with Crippen molar-refractivity contribution in [1.82, 2.24) is 4.90 Å². The number of aliphatic hydroxyl groups is 2. The van der Waals surface area contributed by atoms with Crippen LogP contribution in [0.3, 0.4) is 0 Å². The van der Waals surface area contributed by atoms with Gasteiger partial charge in [-0.25, -0.2) is 0 Å². The van der Waals surface area contributed by atoms with E-state index < -0.39 is 66.2 Å². The molecule has 0 heterocycles. The SMILES string of the molecule is CC(C)CC(N)CCC(=O)N(C(=O)[C@@H](N)C(C)C)[C@@H](CO)C(=O)C(C(=O)O)C(O)C(N)CC(C)C. The summed E-state index contributed by atoms with van der Waals surface area (Å²) in [5, 5.41) is 30.3. The quantitative estimate of drug-likeness (QED) is 0.154. The van der Waals surface area contributed by atoms with Crippen molar-refractivity contribution in [3.05, 3.63) is 0 Å². The molecule has 35 heavy (non-hydrogen) atoms. The van der Waals surface area contributed by atoms with E-state index in [1.807, 2.05) is 27.7 Å². The number of aliphatic hydroxyl groups excluding tert-OH is 2. The van der Waals surface area contributed by atoms with E-state index in [9.17, 15) is 34.5 Å². The largest absolute Gasteiger partial charge is 0.481 e. The maximum Gasteiger partial charge on any atom is 0.316 e. The van der Waals surface area contributed by atoms with Crippen molar-refractivity contribution in [1.29, 1.82) is 0 Å². The molecule has 0 aromatic rings. The van der Waals surface area contributed by atoms with E-state index in [0.717, 1.165) is 0 Å². The topological polar surface area (TPSA) is 210 Å². The molecule has 0 spiro atoms.